The number of carbonyl (C=O) groups excluding carboxylic acids is 5. The number of carboxylic acids is 1. The van der Waals surface area contributed by atoms with E-state index in [9.17, 15) is 39.0 Å². The van der Waals surface area contributed by atoms with Crippen molar-refractivity contribution >= 4 is 35.8 Å². The zero-order valence-electron chi connectivity index (χ0n) is 32.3. The Morgan fingerprint density at radius 2 is 1.29 bits per heavy atom. The van der Waals surface area contributed by atoms with Crippen molar-refractivity contribution in [2.45, 2.75) is 91.3 Å². The molecule has 296 valence electrons. The maximum atomic E-state index is 14.7. The summed E-state index contributed by atoms with van der Waals surface area (Å²) in [5.41, 5.74) is 4.39. The van der Waals surface area contributed by atoms with E-state index in [2.05, 4.69) is 10.6 Å². The Kier molecular flexibility index (Phi) is 15.1. The third-order valence-corrected chi connectivity index (χ3v) is 8.57. The van der Waals surface area contributed by atoms with Crippen molar-refractivity contribution in [1.29, 1.82) is 0 Å². The lowest BCUT2D eigenvalue weighted by atomic mass is 9.84. The molecule has 3 aromatic carbocycles. The summed E-state index contributed by atoms with van der Waals surface area (Å²) in [6.07, 6.45) is -1.82. The Hall–Kier alpha value is -5.76. The van der Waals surface area contributed by atoms with Gasteiger partial charge in [-0.2, -0.15) is 0 Å². The van der Waals surface area contributed by atoms with Gasteiger partial charge in [-0.25, -0.2) is 14.5 Å². The molecule has 1 unspecified atom stereocenters. The lowest BCUT2D eigenvalue weighted by Crippen LogP contribution is -2.75. The normalized spacial score (nSPS) is 14.1. The molecule has 0 fully saturated rings. The molecule has 0 aromatic heterocycles. The number of nitrogens with two attached hydrogens (primary N) is 1. The van der Waals surface area contributed by atoms with Crippen molar-refractivity contribution < 1.29 is 48.5 Å². The fourth-order valence-electron chi connectivity index (χ4n) is 5.63. The maximum absolute atomic E-state index is 14.7. The number of rotatable bonds is 16. The van der Waals surface area contributed by atoms with Gasteiger partial charge in [-0.3, -0.25) is 24.9 Å². The Balaban J connectivity index is 2.07. The van der Waals surface area contributed by atoms with Crippen molar-refractivity contribution in [3.8, 4) is 5.75 Å². The van der Waals surface area contributed by atoms with Crippen LogP contribution in [0.2, 0.25) is 0 Å². The Bertz CT molecular complexity index is 1790. The highest BCUT2D eigenvalue weighted by Gasteiger charge is 2.57. The van der Waals surface area contributed by atoms with E-state index in [4.69, 9.17) is 15.2 Å². The minimum absolute atomic E-state index is 0.00727. The van der Waals surface area contributed by atoms with E-state index in [1.807, 2.05) is 0 Å². The average molecular weight is 761 g/mol. The lowest BCUT2D eigenvalue weighted by molar-refractivity contribution is -0.162. The number of nitrogens with zero attached hydrogens (tertiary/aromatic N) is 1. The monoisotopic (exact) mass is 760 g/mol. The molecule has 0 saturated heterocycles. The van der Waals surface area contributed by atoms with Gasteiger partial charge in [0, 0.05) is 12.3 Å². The molecule has 0 radical (unpaired) electrons. The molecule has 14 heteroatoms. The first-order valence-corrected chi connectivity index (χ1v) is 18.0. The molecule has 0 aliphatic carbocycles. The number of aliphatic carboxylic acids is 1. The molecule has 14 nitrogen and oxygen atoms in total. The number of benzene rings is 3. The third-order valence-electron chi connectivity index (χ3n) is 8.57. The van der Waals surface area contributed by atoms with Gasteiger partial charge in [-0.1, -0.05) is 100 Å². The first-order valence-electron chi connectivity index (χ1n) is 18.0. The maximum Gasteiger partial charge on any atom is 0.419 e. The third kappa shape index (κ3) is 12.1. The second kappa shape index (κ2) is 19.0. The van der Waals surface area contributed by atoms with E-state index in [0.29, 0.717) is 21.6 Å². The van der Waals surface area contributed by atoms with E-state index in [1.165, 1.54) is 46.8 Å². The van der Waals surface area contributed by atoms with Gasteiger partial charge in [-0.05, 0) is 61.9 Å². The smallest absolute Gasteiger partial charge is 0.419 e. The zero-order valence-corrected chi connectivity index (χ0v) is 32.3. The number of carbonyl (C=O) groups is 6. The number of phenols is 1. The number of imide groups is 1. The highest BCUT2D eigenvalue weighted by molar-refractivity contribution is 6.04. The molecule has 3 aromatic rings. The molecular weight excluding hydrogens is 708 g/mol. The largest absolute Gasteiger partial charge is 0.508 e. The number of carboxylic acid groups (broad SMARTS) is 1. The van der Waals surface area contributed by atoms with Crippen LogP contribution >= 0.6 is 0 Å². The predicted octanol–water partition coefficient (Wildman–Crippen LogP) is 4.32. The number of phenolic OH excluding ortho intramolecular Hbond substituents is 1. The van der Waals surface area contributed by atoms with E-state index >= 15 is 0 Å². The summed E-state index contributed by atoms with van der Waals surface area (Å²) >= 11 is 0. The van der Waals surface area contributed by atoms with E-state index in [0.717, 1.165) is 0 Å². The van der Waals surface area contributed by atoms with E-state index in [-0.39, 0.29) is 18.8 Å². The van der Waals surface area contributed by atoms with Gasteiger partial charge < -0.3 is 30.3 Å². The summed E-state index contributed by atoms with van der Waals surface area (Å²) in [5, 5.41) is 25.6. The van der Waals surface area contributed by atoms with Crippen LogP contribution in [-0.2, 0) is 52.9 Å². The lowest BCUT2D eigenvalue weighted by Gasteiger charge is -2.43. The van der Waals surface area contributed by atoms with Crippen LogP contribution in [0, 0.1) is 17.8 Å². The van der Waals surface area contributed by atoms with Crippen molar-refractivity contribution in [2.75, 3.05) is 0 Å². The van der Waals surface area contributed by atoms with E-state index < -0.39 is 83.3 Å². The predicted molar refractivity (Wildman–Crippen MR) is 203 cm³/mol. The van der Waals surface area contributed by atoms with Crippen LogP contribution in [0.25, 0.3) is 0 Å². The molecule has 4 amide bonds. The second-order valence-corrected chi connectivity index (χ2v) is 14.9. The van der Waals surface area contributed by atoms with Gasteiger partial charge in [-0.15, -0.1) is 0 Å². The molecule has 0 aliphatic rings. The van der Waals surface area contributed by atoms with Crippen molar-refractivity contribution in [3.05, 3.63) is 102 Å². The minimum Gasteiger partial charge on any atom is -0.508 e. The summed E-state index contributed by atoms with van der Waals surface area (Å²) in [6.45, 7) is 10.6. The molecule has 3 rings (SSSR count). The summed E-state index contributed by atoms with van der Waals surface area (Å²) < 4.78 is 11.1. The molecule has 0 spiro atoms. The molecule has 0 heterocycles. The SMILES string of the molecule is CC(C)C(=O)N(C(=O)OC(C)(C)C)[C@](N)(C(=O)N[C@H](C(=O)N[C@@H](Cc1ccc(O)cc1)C(=O)OCc1ccccc1)C(C)C)C(Cc1ccccc1)C(=O)O. The Morgan fingerprint density at radius 3 is 1.78 bits per heavy atom. The summed E-state index contributed by atoms with van der Waals surface area (Å²) in [5.74, 6) is -9.18. The molecule has 6 N–H and O–H groups in total. The highest BCUT2D eigenvalue weighted by atomic mass is 16.6. The number of esters is 1. The standard InChI is InChI=1S/C41H52N4O10/c1-25(2)33(34(47)43-32(23-28-18-20-30(46)21-19-28)37(51)54-24-29-16-12-9-13-17-29)44-38(52)41(42,31(36(49)50)22-27-14-10-8-11-15-27)45(35(48)26(3)4)39(53)55-40(5,6)7/h8-21,25-26,31-33,46H,22-24,42H2,1-7H3,(H,43,47)(H,44,52)(H,49,50)/t31?,32-,33-,41-/m0/s1. The van der Waals surface area contributed by atoms with Gasteiger partial charge in [0.05, 0.1) is 0 Å². The minimum atomic E-state index is -2.95. The van der Waals surface area contributed by atoms with Gasteiger partial charge in [0.1, 0.15) is 36.0 Å². The average Bonchev–Trinajstić information content (AvgIpc) is 3.11. The number of aromatic hydroxyl groups is 1. The van der Waals surface area contributed by atoms with Crippen LogP contribution in [0.15, 0.2) is 84.9 Å². The Labute approximate surface area is 321 Å². The highest BCUT2D eigenvalue weighted by Crippen LogP contribution is 2.29. The molecule has 0 saturated carbocycles. The van der Waals surface area contributed by atoms with Crippen LogP contribution < -0.4 is 16.4 Å². The van der Waals surface area contributed by atoms with Gasteiger partial charge in [0.2, 0.25) is 11.8 Å². The molecular formula is C41H52N4O10. The first kappa shape index (κ1) is 43.6. The van der Waals surface area contributed by atoms with Crippen molar-refractivity contribution in [2.24, 2.45) is 23.5 Å². The van der Waals surface area contributed by atoms with Gasteiger partial charge in [0.25, 0.3) is 5.91 Å². The molecule has 55 heavy (non-hydrogen) atoms. The topological polar surface area (TPSA) is 215 Å². The number of amides is 4. The fraction of sp³-hybridized carbons (Fsp3) is 0.415. The van der Waals surface area contributed by atoms with Gasteiger partial charge >= 0.3 is 18.0 Å². The zero-order chi connectivity index (χ0) is 41.1. The number of nitrogens with one attached hydrogen (secondary N) is 2. The molecule has 0 aliphatic heterocycles. The van der Waals surface area contributed by atoms with Crippen LogP contribution in [0.1, 0.15) is 65.2 Å². The number of hydrogen-bond donors (Lipinski definition) is 5. The van der Waals surface area contributed by atoms with E-state index in [1.54, 1.807) is 86.6 Å². The quantitative estimate of drug-likeness (QED) is 0.102. The van der Waals surface area contributed by atoms with Crippen LogP contribution in [0.5, 0.6) is 5.75 Å². The van der Waals surface area contributed by atoms with Gasteiger partial charge in [0.15, 0.2) is 5.66 Å². The first-order chi connectivity index (χ1) is 25.7. The van der Waals surface area contributed by atoms with Crippen LogP contribution in [-0.4, -0.2) is 74.2 Å². The second-order valence-electron chi connectivity index (χ2n) is 14.9. The number of ether oxygens (including phenoxy) is 2. The summed E-state index contributed by atoms with van der Waals surface area (Å²) in [6, 6.07) is 20.3. The Morgan fingerprint density at radius 1 is 0.764 bits per heavy atom. The van der Waals surface area contributed by atoms with Crippen molar-refractivity contribution in [1.82, 2.24) is 15.5 Å². The molecule has 4 atom stereocenters. The summed E-state index contributed by atoms with van der Waals surface area (Å²) in [4.78, 5) is 83.4. The molecule has 0 bridgehead atoms. The number of hydrogen-bond acceptors (Lipinski definition) is 10. The van der Waals surface area contributed by atoms with Crippen LogP contribution in [0.4, 0.5) is 4.79 Å². The summed E-state index contributed by atoms with van der Waals surface area (Å²) in [7, 11) is 0. The fourth-order valence-corrected chi connectivity index (χ4v) is 5.63. The van der Waals surface area contributed by atoms with Crippen LogP contribution in [0.3, 0.4) is 0 Å². The van der Waals surface area contributed by atoms with Crippen molar-refractivity contribution in [3.63, 3.8) is 0 Å².